The minimum atomic E-state index is -4.35. The minimum absolute atomic E-state index is 0.0163. The van der Waals surface area contributed by atoms with Crippen LogP contribution >= 0.6 is 0 Å². The van der Waals surface area contributed by atoms with Crippen molar-refractivity contribution in [2.75, 3.05) is 26.4 Å². The van der Waals surface area contributed by atoms with Crippen LogP contribution in [0.2, 0.25) is 0 Å². The molecule has 0 spiro atoms. The number of hydrogen-bond donors (Lipinski definition) is 0. The van der Waals surface area contributed by atoms with Crippen LogP contribution in [-0.2, 0) is 14.2 Å². The van der Waals surface area contributed by atoms with Crippen molar-refractivity contribution < 1.29 is 27.4 Å². The van der Waals surface area contributed by atoms with Gasteiger partial charge in [-0.2, -0.15) is 13.2 Å². The van der Waals surface area contributed by atoms with Gasteiger partial charge in [-0.25, -0.2) is 0 Å². The van der Waals surface area contributed by atoms with E-state index in [0.717, 1.165) is 13.8 Å². The van der Waals surface area contributed by atoms with Crippen LogP contribution in [0.25, 0.3) is 0 Å². The minimum Gasteiger partial charge on any atom is -0.376 e. The lowest BCUT2D eigenvalue weighted by molar-refractivity contribution is -0.267. The van der Waals surface area contributed by atoms with Crippen LogP contribution in [0.4, 0.5) is 13.2 Å². The molecule has 0 saturated carbocycles. The normalized spacial score (nSPS) is 19.0. The van der Waals surface area contributed by atoms with Crippen molar-refractivity contribution in [3.05, 3.63) is 0 Å². The second kappa shape index (κ2) is 4.67. The number of halogens is 3. The van der Waals surface area contributed by atoms with Gasteiger partial charge in [0.1, 0.15) is 6.10 Å². The predicted octanol–water partition coefficient (Wildman–Crippen LogP) is 1.76. The molecule has 15 heavy (non-hydrogen) atoms. The summed E-state index contributed by atoms with van der Waals surface area (Å²) in [6, 6.07) is 0. The largest absolute Gasteiger partial charge is 0.416 e. The third-order valence-corrected chi connectivity index (χ3v) is 2.19. The quantitative estimate of drug-likeness (QED) is 0.671. The first-order valence-corrected chi connectivity index (χ1v) is 4.73. The molecule has 0 unspecified atom stereocenters. The summed E-state index contributed by atoms with van der Waals surface area (Å²) in [5.74, 6) is 0. The molecule has 0 aromatic heterocycles. The Morgan fingerprint density at radius 2 is 1.80 bits per heavy atom. The van der Waals surface area contributed by atoms with Gasteiger partial charge in [-0.1, -0.05) is 0 Å². The average Bonchev–Trinajstić information content (AvgIpc) is 1.98. The maximum Gasteiger partial charge on any atom is 0.416 e. The Bertz CT molecular complexity index is 199. The second-order valence-corrected chi connectivity index (χ2v) is 3.89. The molecule has 1 rings (SSSR count). The highest BCUT2D eigenvalue weighted by Gasteiger charge is 2.48. The Morgan fingerprint density at radius 3 is 2.20 bits per heavy atom. The summed E-state index contributed by atoms with van der Waals surface area (Å²) in [7, 11) is 0. The van der Waals surface area contributed by atoms with Gasteiger partial charge in [0.05, 0.1) is 26.4 Å². The van der Waals surface area contributed by atoms with Gasteiger partial charge in [0.2, 0.25) is 0 Å². The molecule has 0 atom stereocenters. The molecule has 0 aromatic rings. The maximum absolute atomic E-state index is 12.3. The second-order valence-electron chi connectivity index (χ2n) is 3.89. The van der Waals surface area contributed by atoms with E-state index >= 15 is 0 Å². The van der Waals surface area contributed by atoms with E-state index < -0.39 is 11.8 Å². The van der Waals surface area contributed by atoms with Crippen LogP contribution in [-0.4, -0.2) is 44.3 Å². The van der Waals surface area contributed by atoms with Crippen LogP contribution in [0.5, 0.6) is 0 Å². The standard InChI is InChI=1S/C9H15F3O3/c1-8(2,9(10,11)12)15-4-3-14-7-5-13-6-7/h7H,3-6H2,1-2H3. The van der Waals surface area contributed by atoms with E-state index in [-0.39, 0.29) is 19.3 Å². The molecule has 1 fully saturated rings. The molecule has 1 aliphatic rings. The Morgan fingerprint density at radius 1 is 1.20 bits per heavy atom. The fraction of sp³-hybridized carbons (Fsp3) is 1.00. The van der Waals surface area contributed by atoms with E-state index in [1.807, 2.05) is 0 Å². The Kier molecular flexibility index (Phi) is 3.97. The van der Waals surface area contributed by atoms with Gasteiger partial charge >= 0.3 is 6.18 Å². The van der Waals surface area contributed by atoms with Crippen LogP contribution in [0, 0.1) is 0 Å². The molecule has 0 radical (unpaired) electrons. The van der Waals surface area contributed by atoms with E-state index in [2.05, 4.69) is 0 Å². The highest BCUT2D eigenvalue weighted by atomic mass is 19.4. The summed E-state index contributed by atoms with van der Waals surface area (Å²) in [5, 5.41) is 0. The first kappa shape index (κ1) is 12.7. The van der Waals surface area contributed by atoms with E-state index in [1.54, 1.807) is 0 Å². The van der Waals surface area contributed by atoms with Crippen molar-refractivity contribution in [1.82, 2.24) is 0 Å². The van der Waals surface area contributed by atoms with Crippen molar-refractivity contribution in [3.63, 3.8) is 0 Å². The van der Waals surface area contributed by atoms with Crippen LogP contribution in [0.15, 0.2) is 0 Å². The molecule has 0 aliphatic carbocycles. The monoisotopic (exact) mass is 228 g/mol. The molecule has 0 N–H and O–H groups in total. The van der Waals surface area contributed by atoms with Crippen molar-refractivity contribution in [2.45, 2.75) is 31.7 Å². The molecule has 1 heterocycles. The number of alkyl halides is 3. The molecule has 3 nitrogen and oxygen atoms in total. The maximum atomic E-state index is 12.3. The van der Waals surface area contributed by atoms with Crippen LogP contribution in [0.3, 0.4) is 0 Å². The van der Waals surface area contributed by atoms with Crippen LogP contribution < -0.4 is 0 Å². The lowest BCUT2D eigenvalue weighted by Crippen LogP contribution is -2.43. The lowest BCUT2D eigenvalue weighted by Gasteiger charge is -2.29. The highest BCUT2D eigenvalue weighted by molar-refractivity contribution is 4.78. The summed E-state index contributed by atoms with van der Waals surface area (Å²) in [6.07, 6.45) is -4.34. The average molecular weight is 228 g/mol. The molecule has 90 valence electrons. The lowest BCUT2D eigenvalue weighted by atomic mass is 10.1. The number of hydrogen-bond acceptors (Lipinski definition) is 3. The zero-order valence-electron chi connectivity index (χ0n) is 8.76. The molecule has 0 aromatic carbocycles. The summed E-state index contributed by atoms with van der Waals surface area (Å²) in [6.45, 7) is 3.13. The fourth-order valence-electron chi connectivity index (χ4n) is 0.904. The zero-order valence-corrected chi connectivity index (χ0v) is 8.76. The summed E-state index contributed by atoms with van der Waals surface area (Å²) in [5.41, 5.74) is -2.12. The van der Waals surface area contributed by atoms with Gasteiger partial charge in [0.15, 0.2) is 5.60 Å². The van der Waals surface area contributed by atoms with Crippen molar-refractivity contribution in [2.24, 2.45) is 0 Å². The third-order valence-electron chi connectivity index (χ3n) is 2.19. The Hall–Kier alpha value is -0.330. The molecule has 0 bridgehead atoms. The topological polar surface area (TPSA) is 27.7 Å². The smallest absolute Gasteiger partial charge is 0.376 e. The van der Waals surface area contributed by atoms with Crippen LogP contribution in [0.1, 0.15) is 13.8 Å². The Balaban J connectivity index is 2.12. The van der Waals surface area contributed by atoms with Crippen molar-refractivity contribution >= 4 is 0 Å². The van der Waals surface area contributed by atoms with E-state index in [0.29, 0.717) is 13.2 Å². The first-order chi connectivity index (χ1) is 6.83. The summed E-state index contributed by atoms with van der Waals surface area (Å²) in [4.78, 5) is 0. The number of rotatable bonds is 5. The van der Waals surface area contributed by atoms with Gasteiger partial charge in [-0.05, 0) is 13.8 Å². The molecule has 1 saturated heterocycles. The Labute approximate surface area is 86.5 Å². The van der Waals surface area contributed by atoms with E-state index in [4.69, 9.17) is 14.2 Å². The van der Waals surface area contributed by atoms with E-state index in [9.17, 15) is 13.2 Å². The molecule has 6 heteroatoms. The molecular weight excluding hydrogens is 213 g/mol. The molecular formula is C9H15F3O3. The molecule has 1 aliphatic heterocycles. The fourth-order valence-corrected chi connectivity index (χ4v) is 0.904. The van der Waals surface area contributed by atoms with Gasteiger partial charge in [-0.3, -0.25) is 0 Å². The SMILES string of the molecule is CC(C)(OCCOC1COC1)C(F)(F)F. The molecule has 0 amide bonds. The number of ether oxygens (including phenoxy) is 3. The van der Waals surface area contributed by atoms with E-state index in [1.165, 1.54) is 0 Å². The summed E-state index contributed by atoms with van der Waals surface area (Å²) >= 11 is 0. The van der Waals surface area contributed by atoms with Crippen molar-refractivity contribution in [1.29, 1.82) is 0 Å². The summed E-state index contributed by atoms with van der Waals surface area (Å²) < 4.78 is 51.7. The highest BCUT2D eigenvalue weighted by Crippen LogP contribution is 2.32. The zero-order chi connectivity index (χ0) is 11.5. The third kappa shape index (κ3) is 3.62. The van der Waals surface area contributed by atoms with Gasteiger partial charge in [-0.15, -0.1) is 0 Å². The van der Waals surface area contributed by atoms with Gasteiger partial charge in [0.25, 0.3) is 0 Å². The van der Waals surface area contributed by atoms with Gasteiger partial charge < -0.3 is 14.2 Å². The van der Waals surface area contributed by atoms with Crippen molar-refractivity contribution in [3.8, 4) is 0 Å². The predicted molar refractivity (Wildman–Crippen MR) is 46.6 cm³/mol. The first-order valence-electron chi connectivity index (χ1n) is 4.73. The van der Waals surface area contributed by atoms with Gasteiger partial charge in [0, 0.05) is 0 Å².